The molecule has 0 saturated heterocycles. The number of nitrogens with zero attached hydrogens (tertiary/aromatic N) is 2. The number of ether oxygens (including phenoxy) is 1. The fourth-order valence-corrected chi connectivity index (χ4v) is 3.42. The van der Waals surface area contributed by atoms with Gasteiger partial charge >= 0.3 is 0 Å². The van der Waals surface area contributed by atoms with Gasteiger partial charge in [-0.3, -0.25) is 0 Å². The highest BCUT2D eigenvalue weighted by Gasteiger charge is 2.20. The molecule has 0 bridgehead atoms. The number of nitrogen functional groups attached to an aromatic ring is 1. The van der Waals surface area contributed by atoms with Crippen LogP contribution < -0.4 is 10.5 Å². The highest BCUT2D eigenvalue weighted by molar-refractivity contribution is 9.10. The van der Waals surface area contributed by atoms with Crippen molar-refractivity contribution in [2.45, 2.75) is 26.8 Å². The number of nitriles is 1. The molecule has 1 aromatic carbocycles. The van der Waals surface area contributed by atoms with Crippen LogP contribution in [-0.2, 0) is 13.0 Å². The van der Waals surface area contributed by atoms with E-state index in [1.165, 1.54) is 5.56 Å². The fourth-order valence-electron chi connectivity index (χ4n) is 2.87. The van der Waals surface area contributed by atoms with Gasteiger partial charge in [0.25, 0.3) is 0 Å². The molecule has 21 heavy (non-hydrogen) atoms. The Morgan fingerprint density at radius 1 is 1.43 bits per heavy atom. The van der Waals surface area contributed by atoms with E-state index in [2.05, 4.69) is 34.1 Å². The standard InChI is InChI=1S/C16H16BrN3O/c1-9-10(2)20(16(19)14(9)7-18)8-12-6-13(17)5-11-3-4-21-15(11)12/h5-6H,3-4,8,19H2,1-2H3. The number of halogens is 1. The molecule has 1 aliphatic rings. The van der Waals surface area contributed by atoms with Crippen molar-refractivity contribution in [1.82, 2.24) is 4.57 Å². The summed E-state index contributed by atoms with van der Waals surface area (Å²) in [7, 11) is 0. The predicted octanol–water partition coefficient (Wildman–Crippen LogP) is 3.30. The van der Waals surface area contributed by atoms with E-state index < -0.39 is 0 Å². The van der Waals surface area contributed by atoms with E-state index in [4.69, 9.17) is 10.5 Å². The summed E-state index contributed by atoms with van der Waals surface area (Å²) in [5.41, 5.74) is 11.0. The molecule has 3 rings (SSSR count). The van der Waals surface area contributed by atoms with Crippen molar-refractivity contribution in [1.29, 1.82) is 5.26 Å². The van der Waals surface area contributed by atoms with Crippen LogP contribution in [0.3, 0.4) is 0 Å². The Morgan fingerprint density at radius 3 is 2.86 bits per heavy atom. The van der Waals surface area contributed by atoms with Crippen LogP contribution in [-0.4, -0.2) is 11.2 Å². The maximum absolute atomic E-state index is 9.23. The number of fused-ring (bicyclic) bond motifs is 1. The van der Waals surface area contributed by atoms with Crippen LogP contribution in [0.1, 0.15) is 27.9 Å². The number of aromatic nitrogens is 1. The molecule has 0 fully saturated rings. The van der Waals surface area contributed by atoms with Gasteiger partial charge in [-0.1, -0.05) is 15.9 Å². The van der Waals surface area contributed by atoms with E-state index in [9.17, 15) is 5.26 Å². The molecule has 108 valence electrons. The Kier molecular flexibility index (Phi) is 3.42. The zero-order valence-electron chi connectivity index (χ0n) is 12.0. The van der Waals surface area contributed by atoms with Gasteiger partial charge in [-0.25, -0.2) is 0 Å². The lowest BCUT2D eigenvalue weighted by atomic mass is 10.1. The summed E-state index contributed by atoms with van der Waals surface area (Å²) in [6, 6.07) is 6.35. The van der Waals surface area contributed by atoms with Crippen LogP contribution >= 0.6 is 15.9 Å². The van der Waals surface area contributed by atoms with Crippen LogP contribution in [0.4, 0.5) is 5.82 Å². The number of nitrogens with two attached hydrogens (primary N) is 1. The van der Waals surface area contributed by atoms with Gasteiger partial charge in [0.15, 0.2) is 0 Å². The Balaban J connectivity index is 2.09. The maximum Gasteiger partial charge on any atom is 0.127 e. The molecule has 0 spiro atoms. The second-order valence-corrected chi connectivity index (χ2v) is 6.24. The number of benzene rings is 1. The summed E-state index contributed by atoms with van der Waals surface area (Å²) in [5.74, 6) is 1.49. The van der Waals surface area contributed by atoms with Gasteiger partial charge in [0.1, 0.15) is 17.6 Å². The first-order valence-corrected chi connectivity index (χ1v) is 7.61. The third-order valence-electron chi connectivity index (χ3n) is 4.14. The lowest BCUT2D eigenvalue weighted by Gasteiger charge is -2.13. The SMILES string of the molecule is Cc1c(C#N)c(N)n(Cc2cc(Br)cc3c2OCC3)c1C. The normalized spacial score (nSPS) is 12.9. The van der Waals surface area contributed by atoms with Crippen LogP contribution in [0.15, 0.2) is 16.6 Å². The van der Waals surface area contributed by atoms with Crippen molar-refractivity contribution in [2.24, 2.45) is 0 Å². The first kappa shape index (κ1) is 14.0. The molecule has 0 atom stereocenters. The quantitative estimate of drug-likeness (QED) is 0.907. The predicted molar refractivity (Wildman–Crippen MR) is 85.5 cm³/mol. The number of hydrogen-bond acceptors (Lipinski definition) is 3. The van der Waals surface area contributed by atoms with E-state index >= 15 is 0 Å². The molecular formula is C16H16BrN3O. The summed E-state index contributed by atoms with van der Waals surface area (Å²) in [6.45, 7) is 5.26. The summed E-state index contributed by atoms with van der Waals surface area (Å²) in [5, 5.41) is 9.23. The van der Waals surface area contributed by atoms with Gasteiger partial charge < -0.3 is 15.0 Å². The van der Waals surface area contributed by atoms with Gasteiger partial charge in [-0.15, -0.1) is 0 Å². The van der Waals surface area contributed by atoms with E-state index in [-0.39, 0.29) is 0 Å². The molecule has 1 aromatic heterocycles. The lowest BCUT2D eigenvalue weighted by Crippen LogP contribution is -2.07. The molecule has 0 radical (unpaired) electrons. The van der Waals surface area contributed by atoms with E-state index in [0.29, 0.717) is 17.9 Å². The highest BCUT2D eigenvalue weighted by Crippen LogP contribution is 2.35. The minimum atomic E-state index is 0.527. The molecular weight excluding hydrogens is 330 g/mol. The monoisotopic (exact) mass is 345 g/mol. The second-order valence-electron chi connectivity index (χ2n) is 5.32. The lowest BCUT2D eigenvalue weighted by molar-refractivity contribution is 0.352. The zero-order valence-corrected chi connectivity index (χ0v) is 13.6. The van der Waals surface area contributed by atoms with Crippen LogP contribution in [0.25, 0.3) is 0 Å². The minimum absolute atomic E-state index is 0.527. The van der Waals surface area contributed by atoms with E-state index in [1.54, 1.807) is 0 Å². The summed E-state index contributed by atoms with van der Waals surface area (Å²) >= 11 is 3.55. The summed E-state index contributed by atoms with van der Waals surface area (Å²) < 4.78 is 8.79. The third kappa shape index (κ3) is 2.20. The van der Waals surface area contributed by atoms with Gasteiger partial charge in [0.2, 0.25) is 0 Å². The minimum Gasteiger partial charge on any atom is -0.493 e. The molecule has 2 N–H and O–H groups in total. The zero-order chi connectivity index (χ0) is 15.1. The molecule has 4 nitrogen and oxygen atoms in total. The van der Waals surface area contributed by atoms with Crippen molar-refractivity contribution >= 4 is 21.7 Å². The Morgan fingerprint density at radius 2 is 2.19 bits per heavy atom. The molecule has 0 saturated carbocycles. The van der Waals surface area contributed by atoms with E-state index in [1.807, 2.05) is 18.4 Å². The number of anilines is 1. The second kappa shape index (κ2) is 5.12. The van der Waals surface area contributed by atoms with Gasteiger partial charge in [0.05, 0.1) is 18.7 Å². The molecule has 1 aliphatic heterocycles. The van der Waals surface area contributed by atoms with Gasteiger partial charge in [-0.05, 0) is 37.1 Å². The Bertz CT molecular complexity index is 771. The van der Waals surface area contributed by atoms with Crippen molar-refractivity contribution in [3.05, 3.63) is 44.6 Å². The summed E-state index contributed by atoms with van der Waals surface area (Å²) in [6.07, 6.45) is 0.935. The van der Waals surface area contributed by atoms with E-state index in [0.717, 1.165) is 40.1 Å². The first-order chi connectivity index (χ1) is 10.0. The molecule has 2 heterocycles. The van der Waals surface area contributed by atoms with Crippen molar-refractivity contribution in [3.63, 3.8) is 0 Å². The van der Waals surface area contributed by atoms with Crippen LogP contribution in [0.2, 0.25) is 0 Å². The average molecular weight is 346 g/mol. The number of hydrogen-bond donors (Lipinski definition) is 1. The van der Waals surface area contributed by atoms with Gasteiger partial charge in [0, 0.05) is 22.2 Å². The Labute approximate surface area is 132 Å². The Hall–Kier alpha value is -1.93. The van der Waals surface area contributed by atoms with Gasteiger partial charge in [-0.2, -0.15) is 5.26 Å². The molecule has 5 heteroatoms. The van der Waals surface area contributed by atoms with Crippen LogP contribution in [0, 0.1) is 25.2 Å². The van der Waals surface area contributed by atoms with Crippen molar-refractivity contribution < 1.29 is 4.74 Å². The molecule has 0 aliphatic carbocycles. The van der Waals surface area contributed by atoms with Crippen molar-refractivity contribution in [3.8, 4) is 11.8 Å². The average Bonchev–Trinajstić information content (AvgIpc) is 2.98. The molecule has 2 aromatic rings. The summed E-state index contributed by atoms with van der Waals surface area (Å²) in [4.78, 5) is 0. The first-order valence-electron chi connectivity index (χ1n) is 6.82. The maximum atomic E-state index is 9.23. The molecule has 0 unspecified atom stereocenters. The topological polar surface area (TPSA) is 64.0 Å². The highest BCUT2D eigenvalue weighted by atomic mass is 79.9. The fraction of sp³-hybridized carbons (Fsp3) is 0.312. The van der Waals surface area contributed by atoms with Crippen molar-refractivity contribution in [2.75, 3.05) is 12.3 Å². The largest absolute Gasteiger partial charge is 0.493 e. The third-order valence-corrected chi connectivity index (χ3v) is 4.59. The smallest absolute Gasteiger partial charge is 0.127 e. The number of rotatable bonds is 2. The molecule has 0 amide bonds. The van der Waals surface area contributed by atoms with Crippen LogP contribution in [0.5, 0.6) is 5.75 Å².